The van der Waals surface area contributed by atoms with Crippen LogP contribution in [-0.4, -0.2) is 58.1 Å². The maximum atomic E-state index is 12.6. The highest BCUT2D eigenvalue weighted by atomic mass is 35.5. The van der Waals surface area contributed by atoms with Crippen molar-refractivity contribution in [1.29, 1.82) is 0 Å². The molecule has 168 valence electrons. The summed E-state index contributed by atoms with van der Waals surface area (Å²) < 4.78 is 37.4. The van der Waals surface area contributed by atoms with Crippen LogP contribution in [0.15, 0.2) is 47.4 Å². The topological polar surface area (TPSA) is 84.9 Å². The molecule has 1 aliphatic rings. The summed E-state index contributed by atoms with van der Waals surface area (Å²) >= 11 is 12.2. The molecule has 0 radical (unpaired) electrons. The van der Waals surface area contributed by atoms with Gasteiger partial charge in [0.1, 0.15) is 12.4 Å². The monoisotopic (exact) mass is 486 g/mol. The van der Waals surface area contributed by atoms with Gasteiger partial charge in [0, 0.05) is 29.6 Å². The molecule has 1 fully saturated rings. The van der Waals surface area contributed by atoms with Crippen LogP contribution in [0.4, 0.5) is 0 Å². The van der Waals surface area contributed by atoms with E-state index in [1.165, 1.54) is 16.4 Å². The molecule has 1 aliphatic heterocycles. The molecule has 2 aromatic rings. The largest absolute Gasteiger partial charge is 0.492 e. The van der Waals surface area contributed by atoms with Gasteiger partial charge in [-0.3, -0.25) is 4.79 Å². The van der Waals surface area contributed by atoms with E-state index in [-0.39, 0.29) is 23.8 Å². The van der Waals surface area contributed by atoms with Crippen molar-refractivity contribution >= 4 is 39.1 Å². The normalized spacial score (nSPS) is 14.9. The van der Waals surface area contributed by atoms with Gasteiger partial charge in [-0.25, -0.2) is 8.42 Å². The highest BCUT2D eigenvalue weighted by molar-refractivity contribution is 7.89. The van der Waals surface area contributed by atoms with Crippen LogP contribution in [-0.2, 0) is 26.0 Å². The first-order valence-corrected chi connectivity index (χ1v) is 12.1. The first-order valence-electron chi connectivity index (χ1n) is 9.88. The Bertz CT molecular complexity index is 973. The van der Waals surface area contributed by atoms with Crippen molar-refractivity contribution in [2.75, 3.05) is 39.5 Å². The predicted octanol–water partition coefficient (Wildman–Crippen LogP) is 3.14. The van der Waals surface area contributed by atoms with Crippen LogP contribution in [0, 0.1) is 0 Å². The molecule has 0 spiro atoms. The van der Waals surface area contributed by atoms with Gasteiger partial charge in [-0.2, -0.15) is 4.31 Å². The van der Waals surface area contributed by atoms with Gasteiger partial charge in [0.15, 0.2) is 0 Å². The Morgan fingerprint density at radius 3 is 2.35 bits per heavy atom. The van der Waals surface area contributed by atoms with Crippen LogP contribution >= 0.6 is 23.2 Å². The third-order valence-corrected chi connectivity index (χ3v) is 7.41. The van der Waals surface area contributed by atoms with Crippen molar-refractivity contribution in [1.82, 2.24) is 9.62 Å². The number of nitrogens with zero attached hydrogens (tertiary/aromatic N) is 1. The molecular formula is C21H24Cl2N2O5S. The minimum Gasteiger partial charge on any atom is -0.492 e. The lowest BCUT2D eigenvalue weighted by Crippen LogP contribution is -2.40. The third-order valence-electron chi connectivity index (χ3n) is 4.79. The number of amides is 1. The first-order chi connectivity index (χ1) is 14.9. The standard InChI is InChI=1S/C21H24Cl2N2O5S/c22-19-2-1-3-20(23)18(19)8-9-21(26)24-10-13-30-16-4-6-17(7-5-16)31(27,28)25-11-14-29-15-12-25/h1-7H,8-15H2,(H,24,26). The van der Waals surface area contributed by atoms with E-state index < -0.39 is 10.0 Å². The van der Waals surface area contributed by atoms with Crippen LogP contribution in [0.1, 0.15) is 12.0 Å². The number of halogens is 2. The maximum Gasteiger partial charge on any atom is 0.243 e. The van der Waals surface area contributed by atoms with Crippen molar-refractivity contribution in [3.8, 4) is 5.75 Å². The van der Waals surface area contributed by atoms with Crippen molar-refractivity contribution in [2.24, 2.45) is 0 Å². The number of nitrogens with one attached hydrogen (secondary N) is 1. The van der Waals surface area contributed by atoms with Crippen molar-refractivity contribution in [3.63, 3.8) is 0 Å². The van der Waals surface area contributed by atoms with Crippen LogP contribution in [0.3, 0.4) is 0 Å². The fraction of sp³-hybridized carbons (Fsp3) is 0.381. The lowest BCUT2D eigenvalue weighted by atomic mass is 10.1. The van der Waals surface area contributed by atoms with Gasteiger partial charge < -0.3 is 14.8 Å². The predicted molar refractivity (Wildman–Crippen MR) is 119 cm³/mol. The minimum atomic E-state index is -3.53. The SMILES string of the molecule is O=C(CCc1c(Cl)cccc1Cl)NCCOc1ccc(S(=O)(=O)N2CCOCC2)cc1. The molecule has 1 amide bonds. The average Bonchev–Trinajstić information content (AvgIpc) is 2.77. The van der Waals surface area contributed by atoms with E-state index in [9.17, 15) is 13.2 Å². The van der Waals surface area contributed by atoms with Crippen molar-refractivity contribution in [2.45, 2.75) is 17.7 Å². The summed E-state index contributed by atoms with van der Waals surface area (Å²) in [6, 6.07) is 11.5. The summed E-state index contributed by atoms with van der Waals surface area (Å²) in [6.45, 7) is 2.08. The van der Waals surface area contributed by atoms with E-state index in [1.807, 2.05) is 0 Å². The van der Waals surface area contributed by atoms with Crippen LogP contribution in [0.2, 0.25) is 10.0 Å². The summed E-state index contributed by atoms with van der Waals surface area (Å²) in [5.41, 5.74) is 0.754. The lowest BCUT2D eigenvalue weighted by Gasteiger charge is -2.26. The highest BCUT2D eigenvalue weighted by Crippen LogP contribution is 2.25. The summed E-state index contributed by atoms with van der Waals surface area (Å²) in [4.78, 5) is 12.2. The van der Waals surface area contributed by atoms with Crippen LogP contribution < -0.4 is 10.1 Å². The van der Waals surface area contributed by atoms with Gasteiger partial charge >= 0.3 is 0 Å². The molecular weight excluding hydrogens is 463 g/mol. The van der Waals surface area contributed by atoms with Crippen LogP contribution in [0.25, 0.3) is 0 Å². The molecule has 0 bridgehead atoms. The van der Waals surface area contributed by atoms with Crippen molar-refractivity contribution < 1.29 is 22.7 Å². The zero-order chi connectivity index (χ0) is 22.3. The van der Waals surface area contributed by atoms with Gasteiger partial charge in [0.25, 0.3) is 0 Å². The molecule has 0 atom stereocenters. The second kappa shape index (κ2) is 11.2. The Labute approximate surface area is 192 Å². The van der Waals surface area contributed by atoms with E-state index in [2.05, 4.69) is 5.32 Å². The first kappa shape index (κ1) is 23.8. The fourth-order valence-electron chi connectivity index (χ4n) is 3.10. The molecule has 0 unspecified atom stereocenters. The Morgan fingerprint density at radius 2 is 1.71 bits per heavy atom. The zero-order valence-electron chi connectivity index (χ0n) is 16.9. The second-order valence-corrected chi connectivity index (χ2v) is 9.64. The van der Waals surface area contributed by atoms with Gasteiger partial charge in [0.2, 0.25) is 15.9 Å². The van der Waals surface area contributed by atoms with Crippen molar-refractivity contribution in [3.05, 3.63) is 58.1 Å². The molecule has 31 heavy (non-hydrogen) atoms. The number of hydrogen-bond donors (Lipinski definition) is 1. The number of sulfonamides is 1. The molecule has 7 nitrogen and oxygen atoms in total. The third kappa shape index (κ3) is 6.57. The quantitative estimate of drug-likeness (QED) is 0.550. The number of carbonyl (C=O) groups excluding carboxylic acids is 1. The molecule has 0 aliphatic carbocycles. The molecule has 0 aromatic heterocycles. The number of carbonyl (C=O) groups is 1. The number of benzene rings is 2. The number of ether oxygens (including phenoxy) is 2. The van der Waals surface area contributed by atoms with Gasteiger partial charge in [-0.1, -0.05) is 29.3 Å². The summed E-state index contributed by atoms with van der Waals surface area (Å²) in [5.74, 6) is 0.393. The maximum absolute atomic E-state index is 12.6. The Kier molecular flexibility index (Phi) is 8.57. The van der Waals surface area contributed by atoms with Gasteiger partial charge in [-0.05, 0) is 48.4 Å². The Balaban J connectivity index is 1.41. The zero-order valence-corrected chi connectivity index (χ0v) is 19.2. The van der Waals surface area contributed by atoms with E-state index in [4.69, 9.17) is 32.7 Å². The molecule has 1 saturated heterocycles. The summed E-state index contributed by atoms with van der Waals surface area (Å²) in [5, 5.41) is 3.86. The summed E-state index contributed by atoms with van der Waals surface area (Å²) in [7, 11) is -3.53. The molecule has 0 saturated carbocycles. The summed E-state index contributed by atoms with van der Waals surface area (Å²) in [6.07, 6.45) is 0.710. The molecule has 1 heterocycles. The van der Waals surface area contributed by atoms with E-state index in [0.29, 0.717) is 55.1 Å². The lowest BCUT2D eigenvalue weighted by molar-refractivity contribution is -0.121. The molecule has 10 heteroatoms. The van der Waals surface area contributed by atoms with Gasteiger partial charge in [-0.15, -0.1) is 0 Å². The van der Waals surface area contributed by atoms with E-state index >= 15 is 0 Å². The minimum absolute atomic E-state index is 0.133. The highest BCUT2D eigenvalue weighted by Gasteiger charge is 2.26. The molecule has 3 rings (SSSR count). The Morgan fingerprint density at radius 1 is 1.06 bits per heavy atom. The number of hydrogen-bond acceptors (Lipinski definition) is 5. The number of rotatable bonds is 9. The van der Waals surface area contributed by atoms with Crippen LogP contribution in [0.5, 0.6) is 5.75 Å². The smallest absolute Gasteiger partial charge is 0.243 e. The van der Waals surface area contributed by atoms with E-state index in [1.54, 1.807) is 30.3 Å². The van der Waals surface area contributed by atoms with Gasteiger partial charge in [0.05, 0.1) is 24.7 Å². The van der Waals surface area contributed by atoms with E-state index in [0.717, 1.165) is 5.56 Å². The average molecular weight is 487 g/mol. The molecule has 2 aromatic carbocycles. The Hall–Kier alpha value is -1.84. The second-order valence-electron chi connectivity index (χ2n) is 6.89. The number of morpholine rings is 1. The molecule has 1 N–H and O–H groups in total. The fourth-order valence-corrected chi connectivity index (χ4v) is 5.10.